The average molecular weight is 396 g/mol. The second kappa shape index (κ2) is 4.95. The number of aromatic amines is 1. The number of fused-ring (bicyclic) bond motifs is 2. The van der Waals surface area contributed by atoms with E-state index in [1.54, 1.807) is 0 Å². The lowest BCUT2D eigenvalue weighted by atomic mass is 10.0. The van der Waals surface area contributed by atoms with Gasteiger partial charge < -0.3 is 14.8 Å². The van der Waals surface area contributed by atoms with Crippen LogP contribution in [0.5, 0.6) is 0 Å². The van der Waals surface area contributed by atoms with Gasteiger partial charge in [0.1, 0.15) is 0 Å². The van der Waals surface area contributed by atoms with Crippen LogP contribution in [0.1, 0.15) is 10.6 Å². The number of carbonyl (C=O) groups excluding carboxylic acids is 1. The van der Waals surface area contributed by atoms with Crippen LogP contribution in [-0.4, -0.2) is 58.9 Å². The van der Waals surface area contributed by atoms with Gasteiger partial charge in [0.05, 0.1) is 11.0 Å². The molecule has 5 nitrogen and oxygen atoms in total. The first-order valence-electron chi connectivity index (χ1n) is 7.23. The molecule has 0 saturated carbocycles. The Balaban J connectivity index is 1.57. The average Bonchev–Trinajstić information content (AvgIpc) is 3.08. The maximum atomic E-state index is 12.6. The molecule has 2 aromatic rings. The number of rotatable bonds is 1. The number of aromatic nitrogens is 2. The minimum absolute atomic E-state index is 0.0401. The molecule has 1 aromatic carbocycles. The van der Waals surface area contributed by atoms with Gasteiger partial charge in [-0.05, 0) is 59.7 Å². The number of hydrogen-bond donors (Lipinski definition) is 1. The summed E-state index contributed by atoms with van der Waals surface area (Å²) >= 11 is 2.26. The molecule has 4 rings (SSSR count). The third-order valence-electron chi connectivity index (χ3n) is 4.60. The fourth-order valence-corrected chi connectivity index (χ4v) is 4.10. The van der Waals surface area contributed by atoms with Crippen LogP contribution in [0.4, 0.5) is 0 Å². The monoisotopic (exact) mass is 396 g/mol. The van der Waals surface area contributed by atoms with E-state index in [1.165, 1.54) is 0 Å². The maximum absolute atomic E-state index is 12.6. The molecule has 0 aliphatic carbocycles. The van der Waals surface area contributed by atoms with Crippen molar-refractivity contribution in [2.24, 2.45) is 11.8 Å². The van der Waals surface area contributed by atoms with E-state index in [1.807, 2.05) is 23.1 Å². The van der Waals surface area contributed by atoms with Crippen LogP contribution in [0.3, 0.4) is 0 Å². The van der Waals surface area contributed by atoms with Gasteiger partial charge in [0.25, 0.3) is 5.91 Å². The number of benzene rings is 1. The number of halogens is 1. The number of hydrogen-bond acceptors (Lipinski definition) is 3. The van der Waals surface area contributed by atoms with Crippen molar-refractivity contribution in [2.45, 2.75) is 0 Å². The van der Waals surface area contributed by atoms with Crippen LogP contribution in [0, 0.1) is 15.4 Å². The molecular formula is C15H17IN4O. The third-order valence-corrected chi connectivity index (χ3v) is 5.27. The van der Waals surface area contributed by atoms with Crippen LogP contribution < -0.4 is 0 Å². The van der Waals surface area contributed by atoms with Crippen LogP contribution in [-0.2, 0) is 0 Å². The molecule has 0 unspecified atom stereocenters. The summed E-state index contributed by atoms with van der Waals surface area (Å²) in [6, 6.07) is 6.00. The van der Waals surface area contributed by atoms with E-state index in [9.17, 15) is 4.79 Å². The van der Waals surface area contributed by atoms with E-state index in [-0.39, 0.29) is 5.91 Å². The largest absolute Gasteiger partial charge is 0.335 e. The molecule has 2 fully saturated rings. The normalized spacial score (nSPS) is 25.7. The second-order valence-electron chi connectivity index (χ2n) is 6.20. The lowest BCUT2D eigenvalue weighted by Crippen LogP contribution is -2.32. The van der Waals surface area contributed by atoms with Gasteiger partial charge in [0, 0.05) is 29.7 Å². The molecule has 2 aliphatic heterocycles. The number of nitrogens with zero attached hydrogens (tertiary/aromatic N) is 3. The number of nitrogens with one attached hydrogen (secondary N) is 1. The highest BCUT2D eigenvalue weighted by molar-refractivity contribution is 14.1. The van der Waals surface area contributed by atoms with Crippen molar-refractivity contribution in [3.63, 3.8) is 0 Å². The Bertz CT molecular complexity index is 699. The van der Waals surface area contributed by atoms with Crippen LogP contribution >= 0.6 is 22.6 Å². The van der Waals surface area contributed by atoms with Crippen molar-refractivity contribution >= 4 is 39.5 Å². The second-order valence-corrected chi connectivity index (χ2v) is 7.44. The molecule has 21 heavy (non-hydrogen) atoms. The van der Waals surface area contributed by atoms with Crippen LogP contribution in [0.2, 0.25) is 0 Å². The molecule has 2 atom stereocenters. The van der Waals surface area contributed by atoms with E-state index in [0.717, 1.165) is 40.8 Å². The van der Waals surface area contributed by atoms with Crippen molar-refractivity contribution in [1.29, 1.82) is 0 Å². The zero-order valence-corrected chi connectivity index (χ0v) is 14.0. The predicted octanol–water partition coefficient (Wildman–Crippen LogP) is 1.80. The van der Waals surface area contributed by atoms with Gasteiger partial charge in [-0.3, -0.25) is 4.79 Å². The maximum Gasteiger partial charge on any atom is 0.289 e. The van der Waals surface area contributed by atoms with Crippen molar-refractivity contribution in [2.75, 3.05) is 33.2 Å². The summed E-state index contributed by atoms with van der Waals surface area (Å²) in [5.74, 6) is 1.77. The van der Waals surface area contributed by atoms with E-state index < -0.39 is 0 Å². The highest BCUT2D eigenvalue weighted by Gasteiger charge is 2.41. The van der Waals surface area contributed by atoms with Gasteiger partial charge in [-0.25, -0.2) is 4.98 Å². The van der Waals surface area contributed by atoms with Gasteiger partial charge in [-0.1, -0.05) is 0 Å². The fourth-order valence-electron chi connectivity index (χ4n) is 3.62. The minimum atomic E-state index is 0.0401. The number of H-pyrrole nitrogens is 1. The van der Waals surface area contributed by atoms with Crippen molar-refractivity contribution < 1.29 is 4.79 Å². The van der Waals surface area contributed by atoms with Crippen molar-refractivity contribution in [3.8, 4) is 0 Å². The summed E-state index contributed by atoms with van der Waals surface area (Å²) in [5.41, 5.74) is 1.79. The molecule has 6 heteroatoms. The molecule has 2 aliphatic rings. The molecule has 1 aromatic heterocycles. The lowest BCUT2D eigenvalue weighted by Gasteiger charge is -2.18. The molecule has 0 spiro atoms. The number of carbonyl (C=O) groups is 1. The molecule has 0 radical (unpaired) electrons. The van der Waals surface area contributed by atoms with Crippen molar-refractivity contribution in [1.82, 2.24) is 19.8 Å². The van der Waals surface area contributed by atoms with Gasteiger partial charge in [0.2, 0.25) is 0 Å². The minimum Gasteiger partial charge on any atom is -0.335 e. The molecule has 1 N–H and O–H groups in total. The van der Waals surface area contributed by atoms with Crippen molar-refractivity contribution in [3.05, 3.63) is 27.6 Å². The predicted molar refractivity (Wildman–Crippen MR) is 89.2 cm³/mol. The Morgan fingerprint density at radius 3 is 2.71 bits per heavy atom. The Morgan fingerprint density at radius 2 is 2.00 bits per heavy atom. The highest BCUT2D eigenvalue weighted by atomic mass is 127. The van der Waals surface area contributed by atoms with Crippen LogP contribution in [0.25, 0.3) is 11.0 Å². The van der Waals surface area contributed by atoms with E-state index in [2.05, 4.69) is 44.5 Å². The number of likely N-dealkylation sites (tertiary alicyclic amines) is 2. The highest BCUT2D eigenvalue weighted by Crippen LogP contribution is 2.30. The Labute approximate surface area is 136 Å². The topological polar surface area (TPSA) is 52.2 Å². The molecular weight excluding hydrogens is 379 g/mol. The quantitative estimate of drug-likeness (QED) is 0.749. The summed E-state index contributed by atoms with van der Waals surface area (Å²) in [6.07, 6.45) is 0. The van der Waals surface area contributed by atoms with Gasteiger partial charge >= 0.3 is 0 Å². The number of amides is 1. The Hall–Kier alpha value is -1.15. The zero-order chi connectivity index (χ0) is 14.6. The van der Waals surface area contributed by atoms with Gasteiger partial charge in [-0.15, -0.1) is 0 Å². The first kappa shape index (κ1) is 13.5. The Morgan fingerprint density at radius 1 is 1.29 bits per heavy atom. The summed E-state index contributed by atoms with van der Waals surface area (Å²) in [6.45, 7) is 3.93. The third kappa shape index (κ3) is 2.34. The summed E-state index contributed by atoms with van der Waals surface area (Å²) < 4.78 is 1.13. The zero-order valence-electron chi connectivity index (χ0n) is 11.8. The van der Waals surface area contributed by atoms with Crippen LogP contribution in [0.15, 0.2) is 18.2 Å². The smallest absolute Gasteiger partial charge is 0.289 e. The molecule has 110 valence electrons. The summed E-state index contributed by atoms with van der Waals surface area (Å²) in [7, 11) is 2.16. The van der Waals surface area contributed by atoms with E-state index in [0.29, 0.717) is 17.7 Å². The standard InChI is InChI=1S/C15H17IN4O/c1-19-5-9-7-20(8-10(9)6-19)15(21)14-17-12-3-2-11(16)4-13(12)18-14/h2-4,9-10H,5-8H2,1H3,(H,17,18)/t9-,10+. The molecule has 2 saturated heterocycles. The summed E-state index contributed by atoms with van der Waals surface area (Å²) in [5, 5.41) is 0. The van der Waals surface area contributed by atoms with E-state index in [4.69, 9.17) is 0 Å². The fraction of sp³-hybridized carbons (Fsp3) is 0.467. The van der Waals surface area contributed by atoms with E-state index >= 15 is 0 Å². The van der Waals surface area contributed by atoms with Gasteiger partial charge in [-0.2, -0.15) is 0 Å². The molecule has 1 amide bonds. The Kier molecular flexibility index (Phi) is 3.18. The SMILES string of the molecule is CN1C[C@@H]2CN(C(=O)c3nc4cc(I)ccc4[nH]3)C[C@@H]2C1. The first-order valence-corrected chi connectivity index (χ1v) is 8.31. The molecule has 3 heterocycles. The van der Waals surface area contributed by atoms with Gasteiger partial charge in [0.15, 0.2) is 5.82 Å². The lowest BCUT2D eigenvalue weighted by molar-refractivity contribution is 0.0765. The first-order chi connectivity index (χ1) is 10.1. The number of imidazole rings is 1. The summed E-state index contributed by atoms with van der Waals surface area (Å²) in [4.78, 5) is 24.6. The molecule has 0 bridgehead atoms.